The van der Waals surface area contributed by atoms with Crippen molar-refractivity contribution < 1.29 is 14.7 Å². The molecule has 0 fully saturated rings. The van der Waals surface area contributed by atoms with Crippen LogP contribution in [0.3, 0.4) is 0 Å². The van der Waals surface area contributed by atoms with Crippen molar-refractivity contribution in [2.75, 3.05) is 5.32 Å². The number of fused-ring (bicyclic) bond motifs is 1. The number of nitrogens with one attached hydrogen (secondary N) is 1. The maximum Gasteiger partial charge on any atom is 0.346 e. The molecule has 26 heavy (non-hydrogen) atoms. The summed E-state index contributed by atoms with van der Waals surface area (Å²) in [6.45, 7) is 5.24. The topological polar surface area (TPSA) is 101 Å². The maximum atomic E-state index is 12.6. The number of carbonyl (C=O) groups is 2. The van der Waals surface area contributed by atoms with Gasteiger partial charge in [0.05, 0.1) is 11.7 Å². The molecule has 1 aromatic carbocycles. The summed E-state index contributed by atoms with van der Waals surface area (Å²) in [5.41, 5.74) is 2.66. The van der Waals surface area contributed by atoms with E-state index >= 15 is 0 Å². The minimum absolute atomic E-state index is 0.0852. The molecular formula is C18H17N3O4S. The number of hydrogen-bond donors (Lipinski definition) is 2. The van der Waals surface area contributed by atoms with Crippen LogP contribution in [0.25, 0.3) is 10.2 Å². The number of hydrogen-bond acceptors (Lipinski definition) is 5. The molecule has 7 nitrogen and oxygen atoms in total. The van der Waals surface area contributed by atoms with Gasteiger partial charge in [-0.1, -0.05) is 6.07 Å². The molecule has 0 saturated carbocycles. The molecule has 2 aromatic heterocycles. The number of aromatic nitrogens is 2. The highest BCUT2D eigenvalue weighted by Crippen LogP contribution is 2.26. The van der Waals surface area contributed by atoms with E-state index in [-0.39, 0.29) is 22.7 Å². The fourth-order valence-corrected chi connectivity index (χ4v) is 3.86. The van der Waals surface area contributed by atoms with Gasteiger partial charge in [-0.15, -0.1) is 11.3 Å². The molecule has 2 N–H and O–H groups in total. The Morgan fingerprint density at radius 1 is 1.19 bits per heavy atom. The summed E-state index contributed by atoms with van der Waals surface area (Å²) in [7, 11) is 0. The number of nitrogens with zero attached hydrogens (tertiary/aromatic N) is 2. The van der Waals surface area contributed by atoms with E-state index in [1.807, 2.05) is 32.0 Å². The molecular weight excluding hydrogens is 354 g/mol. The van der Waals surface area contributed by atoms with Gasteiger partial charge in [0.15, 0.2) is 0 Å². The first-order valence-corrected chi connectivity index (χ1v) is 8.68. The van der Waals surface area contributed by atoms with Gasteiger partial charge in [0, 0.05) is 5.69 Å². The lowest BCUT2D eigenvalue weighted by molar-refractivity contribution is -0.116. The second-order valence-corrected chi connectivity index (χ2v) is 7.14. The lowest BCUT2D eigenvalue weighted by Crippen LogP contribution is -2.28. The Morgan fingerprint density at radius 2 is 1.85 bits per heavy atom. The number of anilines is 1. The summed E-state index contributed by atoms with van der Waals surface area (Å²) in [6.07, 6.45) is 1.27. The summed E-state index contributed by atoms with van der Waals surface area (Å²) < 4.78 is 1.19. The van der Waals surface area contributed by atoms with Gasteiger partial charge in [0.2, 0.25) is 5.91 Å². The number of carbonyl (C=O) groups excluding carboxylic acids is 1. The molecule has 0 aliphatic carbocycles. The van der Waals surface area contributed by atoms with Crippen molar-refractivity contribution in [1.29, 1.82) is 0 Å². The van der Waals surface area contributed by atoms with Crippen LogP contribution in [-0.4, -0.2) is 26.5 Å². The number of aromatic carboxylic acids is 1. The first-order chi connectivity index (χ1) is 12.3. The zero-order valence-electron chi connectivity index (χ0n) is 14.5. The number of thiophene rings is 1. The molecule has 0 unspecified atom stereocenters. The van der Waals surface area contributed by atoms with Crippen molar-refractivity contribution in [3.63, 3.8) is 0 Å². The Hall–Kier alpha value is -3.00. The van der Waals surface area contributed by atoms with Crippen LogP contribution in [0.2, 0.25) is 0 Å². The van der Waals surface area contributed by atoms with Crippen LogP contribution in [0.5, 0.6) is 0 Å². The van der Waals surface area contributed by atoms with Crippen LogP contribution in [-0.2, 0) is 11.3 Å². The molecule has 0 radical (unpaired) electrons. The monoisotopic (exact) mass is 371 g/mol. The predicted octanol–water partition coefficient (Wildman–Crippen LogP) is 2.72. The average Bonchev–Trinajstić information content (AvgIpc) is 2.87. The summed E-state index contributed by atoms with van der Waals surface area (Å²) in [4.78, 5) is 40.7. The van der Waals surface area contributed by atoms with E-state index in [1.54, 1.807) is 6.92 Å². The molecule has 0 aliphatic rings. The van der Waals surface area contributed by atoms with E-state index in [2.05, 4.69) is 10.3 Å². The van der Waals surface area contributed by atoms with Gasteiger partial charge in [-0.2, -0.15) is 0 Å². The molecule has 0 saturated heterocycles. The van der Waals surface area contributed by atoms with E-state index in [1.165, 1.54) is 10.9 Å². The van der Waals surface area contributed by atoms with Crippen molar-refractivity contribution in [3.05, 3.63) is 56.4 Å². The summed E-state index contributed by atoms with van der Waals surface area (Å²) in [6, 6.07) is 5.69. The Kier molecular flexibility index (Phi) is 4.60. The number of carboxylic acids is 1. The smallest absolute Gasteiger partial charge is 0.346 e. The van der Waals surface area contributed by atoms with E-state index < -0.39 is 11.5 Å². The summed E-state index contributed by atoms with van der Waals surface area (Å²) in [5.74, 6) is -1.45. The van der Waals surface area contributed by atoms with Crippen molar-refractivity contribution in [1.82, 2.24) is 9.55 Å². The summed E-state index contributed by atoms with van der Waals surface area (Å²) in [5, 5.41) is 12.2. The fourth-order valence-electron chi connectivity index (χ4n) is 2.88. The van der Waals surface area contributed by atoms with Gasteiger partial charge in [-0.05, 0) is 49.6 Å². The Bertz CT molecular complexity index is 1080. The average molecular weight is 371 g/mol. The molecule has 0 bridgehead atoms. The highest BCUT2D eigenvalue weighted by molar-refractivity contribution is 7.20. The van der Waals surface area contributed by atoms with E-state index in [4.69, 9.17) is 0 Å². The van der Waals surface area contributed by atoms with Crippen molar-refractivity contribution in [2.45, 2.75) is 27.3 Å². The molecule has 2 heterocycles. The van der Waals surface area contributed by atoms with E-state index in [0.717, 1.165) is 22.5 Å². The van der Waals surface area contributed by atoms with Crippen LogP contribution in [0.4, 0.5) is 5.69 Å². The van der Waals surface area contributed by atoms with Gasteiger partial charge in [0.1, 0.15) is 16.3 Å². The normalized spacial score (nSPS) is 10.9. The number of aryl methyl sites for hydroxylation is 3. The molecule has 0 atom stereocenters. The number of rotatable bonds is 4. The van der Waals surface area contributed by atoms with Crippen LogP contribution in [0, 0.1) is 20.8 Å². The summed E-state index contributed by atoms with van der Waals surface area (Å²) >= 11 is 0.955. The lowest BCUT2D eigenvalue weighted by atomic mass is 10.1. The van der Waals surface area contributed by atoms with Gasteiger partial charge in [-0.3, -0.25) is 14.2 Å². The lowest BCUT2D eigenvalue weighted by Gasteiger charge is -2.09. The van der Waals surface area contributed by atoms with Gasteiger partial charge >= 0.3 is 5.97 Å². The Morgan fingerprint density at radius 3 is 2.46 bits per heavy atom. The Balaban J connectivity index is 1.90. The van der Waals surface area contributed by atoms with Crippen LogP contribution < -0.4 is 10.9 Å². The predicted molar refractivity (Wildman–Crippen MR) is 100 cm³/mol. The minimum Gasteiger partial charge on any atom is -0.477 e. The number of amides is 1. The number of carboxylic acid groups (broad SMARTS) is 1. The van der Waals surface area contributed by atoms with Gasteiger partial charge in [-0.25, -0.2) is 9.78 Å². The van der Waals surface area contributed by atoms with Crippen molar-refractivity contribution in [3.8, 4) is 0 Å². The third-order valence-corrected chi connectivity index (χ3v) is 5.12. The van der Waals surface area contributed by atoms with Gasteiger partial charge < -0.3 is 10.4 Å². The first kappa shape index (κ1) is 17.8. The highest BCUT2D eigenvalue weighted by Gasteiger charge is 2.19. The molecule has 0 spiro atoms. The maximum absolute atomic E-state index is 12.6. The molecule has 1 amide bonds. The largest absolute Gasteiger partial charge is 0.477 e. The highest BCUT2D eigenvalue weighted by atomic mass is 32.1. The third kappa shape index (κ3) is 3.36. The van der Waals surface area contributed by atoms with Crippen molar-refractivity contribution in [2.24, 2.45) is 0 Å². The first-order valence-electron chi connectivity index (χ1n) is 7.86. The quantitative estimate of drug-likeness (QED) is 0.734. The van der Waals surface area contributed by atoms with Crippen molar-refractivity contribution >= 4 is 39.1 Å². The molecule has 3 rings (SSSR count). The minimum atomic E-state index is -1.09. The molecule has 0 aliphatic heterocycles. The zero-order valence-corrected chi connectivity index (χ0v) is 15.3. The van der Waals surface area contributed by atoms with E-state index in [9.17, 15) is 19.5 Å². The standard InChI is InChI=1S/C18H17N3O4S/c1-9-4-10(2)6-12(5-9)20-13(22)7-21-8-19-16-14(17(21)23)11(3)15(26-16)18(24)25/h4-6,8H,7H2,1-3H3,(H,20,22)(H,24,25). The van der Waals surface area contributed by atoms with Gasteiger partial charge in [0.25, 0.3) is 5.56 Å². The second kappa shape index (κ2) is 6.72. The zero-order chi connectivity index (χ0) is 19.0. The molecule has 3 aromatic rings. The third-order valence-electron chi connectivity index (χ3n) is 3.93. The molecule has 8 heteroatoms. The van der Waals surface area contributed by atoms with Crippen LogP contribution >= 0.6 is 11.3 Å². The molecule has 134 valence electrons. The Labute approximate surface area is 152 Å². The SMILES string of the molecule is Cc1cc(C)cc(NC(=O)Cn2cnc3sc(C(=O)O)c(C)c3c2=O)c1. The van der Waals surface area contributed by atoms with Crippen LogP contribution in [0.15, 0.2) is 29.3 Å². The van der Waals surface area contributed by atoms with Crippen LogP contribution in [0.1, 0.15) is 26.4 Å². The van der Waals surface area contributed by atoms with E-state index in [0.29, 0.717) is 16.1 Å². The fraction of sp³-hybridized carbons (Fsp3) is 0.222. The number of benzene rings is 1. The second-order valence-electron chi connectivity index (χ2n) is 6.14.